The normalized spacial score (nSPS) is 13.5. The summed E-state index contributed by atoms with van der Waals surface area (Å²) >= 11 is -0.556. The lowest BCUT2D eigenvalue weighted by atomic mass is 10.3. The summed E-state index contributed by atoms with van der Waals surface area (Å²) in [5, 5.41) is 0. The molecule has 0 radical (unpaired) electrons. The molecule has 0 saturated carbocycles. The van der Waals surface area contributed by atoms with Crippen molar-refractivity contribution in [1.29, 1.82) is 0 Å². The van der Waals surface area contributed by atoms with E-state index >= 15 is 0 Å². The summed E-state index contributed by atoms with van der Waals surface area (Å²) in [4.78, 5) is 15.4. The standard InChI is InChI=1S/C13H11F5N2O2S/c1-7(22-10(21)6-23-13(16,17)18)11-19-8-4-2-3-5-9(8)20(11)12(14)15/h2-5,7,12H,6H2,1H3. The third kappa shape index (κ3) is 4.34. The second kappa shape index (κ2) is 6.73. The summed E-state index contributed by atoms with van der Waals surface area (Å²) in [6.45, 7) is -1.65. The van der Waals surface area contributed by atoms with Gasteiger partial charge in [-0.3, -0.25) is 9.36 Å². The van der Waals surface area contributed by atoms with Gasteiger partial charge in [0.15, 0.2) is 11.9 Å². The summed E-state index contributed by atoms with van der Waals surface area (Å²) in [6.07, 6.45) is -1.21. The number of carbonyl (C=O) groups excluding carboxylic acids is 1. The maximum Gasteiger partial charge on any atom is 0.442 e. The summed E-state index contributed by atoms with van der Waals surface area (Å²) in [5.41, 5.74) is -4.15. The predicted molar refractivity (Wildman–Crippen MR) is 74.0 cm³/mol. The molecular weight excluding hydrogens is 343 g/mol. The number of hydrogen-bond donors (Lipinski definition) is 0. The van der Waals surface area contributed by atoms with E-state index in [4.69, 9.17) is 4.74 Å². The molecule has 1 heterocycles. The number of rotatable bonds is 5. The molecule has 0 amide bonds. The molecule has 0 N–H and O–H groups in total. The molecule has 0 aliphatic carbocycles. The van der Waals surface area contributed by atoms with E-state index in [0.717, 1.165) is 0 Å². The van der Waals surface area contributed by atoms with Crippen LogP contribution in [0.4, 0.5) is 22.0 Å². The summed E-state index contributed by atoms with van der Waals surface area (Å²) in [5.74, 6) is -2.35. The highest BCUT2D eigenvalue weighted by molar-refractivity contribution is 8.00. The van der Waals surface area contributed by atoms with E-state index in [1.807, 2.05) is 0 Å². The number of carbonyl (C=O) groups is 1. The van der Waals surface area contributed by atoms with Gasteiger partial charge in [-0.15, -0.1) is 0 Å². The molecule has 2 rings (SSSR count). The Morgan fingerprint density at radius 3 is 2.61 bits per heavy atom. The number of fused-ring (bicyclic) bond motifs is 1. The number of alkyl halides is 5. The van der Waals surface area contributed by atoms with Gasteiger partial charge in [0.25, 0.3) is 0 Å². The van der Waals surface area contributed by atoms with Crippen molar-refractivity contribution in [1.82, 2.24) is 9.55 Å². The Morgan fingerprint density at radius 2 is 2.00 bits per heavy atom. The summed E-state index contributed by atoms with van der Waals surface area (Å²) < 4.78 is 67.9. The maximum atomic E-state index is 13.2. The highest BCUT2D eigenvalue weighted by atomic mass is 32.2. The molecule has 0 saturated heterocycles. The Balaban J connectivity index is 2.19. The lowest BCUT2D eigenvalue weighted by Gasteiger charge is -2.15. The minimum atomic E-state index is -4.57. The number of imidazole rings is 1. The van der Waals surface area contributed by atoms with Crippen LogP contribution in [0, 0.1) is 0 Å². The van der Waals surface area contributed by atoms with E-state index in [1.165, 1.54) is 19.1 Å². The van der Waals surface area contributed by atoms with Crippen molar-refractivity contribution in [2.45, 2.75) is 25.1 Å². The fourth-order valence-electron chi connectivity index (χ4n) is 1.98. The van der Waals surface area contributed by atoms with Crippen LogP contribution in [-0.2, 0) is 9.53 Å². The minimum absolute atomic E-state index is 0.144. The molecule has 0 bridgehead atoms. The molecule has 1 aromatic heterocycles. The number of nitrogens with zero attached hydrogens (tertiary/aromatic N) is 2. The zero-order valence-electron chi connectivity index (χ0n) is 11.7. The zero-order valence-corrected chi connectivity index (χ0v) is 12.5. The quantitative estimate of drug-likeness (QED) is 0.594. The molecular formula is C13H11F5N2O2S. The van der Waals surface area contributed by atoms with E-state index in [0.29, 0.717) is 4.57 Å². The number of hydrogen-bond acceptors (Lipinski definition) is 4. The molecule has 1 atom stereocenters. The molecule has 0 aliphatic rings. The van der Waals surface area contributed by atoms with Crippen molar-refractivity contribution in [3.63, 3.8) is 0 Å². The fraction of sp³-hybridized carbons (Fsp3) is 0.385. The summed E-state index contributed by atoms with van der Waals surface area (Å²) in [6, 6.07) is 6.08. The van der Waals surface area contributed by atoms with Crippen molar-refractivity contribution >= 4 is 28.8 Å². The number of benzene rings is 1. The van der Waals surface area contributed by atoms with Crippen LogP contribution in [0.1, 0.15) is 25.4 Å². The Labute approximate surface area is 131 Å². The van der Waals surface area contributed by atoms with E-state index in [1.54, 1.807) is 12.1 Å². The average molecular weight is 354 g/mol. The van der Waals surface area contributed by atoms with Crippen molar-refractivity contribution < 1.29 is 31.5 Å². The maximum absolute atomic E-state index is 13.2. The second-order valence-corrected chi connectivity index (χ2v) is 5.51. The molecule has 1 aromatic carbocycles. The highest BCUT2D eigenvalue weighted by Crippen LogP contribution is 2.31. The first kappa shape index (κ1) is 17.5. The van der Waals surface area contributed by atoms with Crippen LogP contribution in [0.15, 0.2) is 24.3 Å². The van der Waals surface area contributed by atoms with Crippen LogP contribution in [0.5, 0.6) is 0 Å². The monoisotopic (exact) mass is 354 g/mol. The number of thioether (sulfide) groups is 1. The fourth-order valence-corrected chi connectivity index (χ4v) is 2.33. The second-order valence-electron chi connectivity index (χ2n) is 4.47. The topological polar surface area (TPSA) is 44.1 Å². The number of esters is 1. The minimum Gasteiger partial charge on any atom is -0.454 e. The zero-order chi connectivity index (χ0) is 17.2. The van der Waals surface area contributed by atoms with Crippen LogP contribution < -0.4 is 0 Å². The Bertz CT molecular complexity index is 701. The molecule has 2 aromatic rings. The third-order valence-corrected chi connectivity index (χ3v) is 3.55. The number of aromatic nitrogens is 2. The van der Waals surface area contributed by atoms with Crippen LogP contribution in [0.25, 0.3) is 11.0 Å². The van der Waals surface area contributed by atoms with Gasteiger partial charge in [0.05, 0.1) is 11.0 Å². The Kier molecular flexibility index (Phi) is 5.12. The largest absolute Gasteiger partial charge is 0.454 e. The van der Waals surface area contributed by atoms with Gasteiger partial charge in [0.1, 0.15) is 5.75 Å². The molecule has 10 heteroatoms. The van der Waals surface area contributed by atoms with Gasteiger partial charge in [0, 0.05) is 0 Å². The number of para-hydroxylation sites is 2. The smallest absolute Gasteiger partial charge is 0.442 e. The van der Waals surface area contributed by atoms with E-state index in [2.05, 4.69) is 4.98 Å². The van der Waals surface area contributed by atoms with Gasteiger partial charge in [-0.25, -0.2) is 4.98 Å². The molecule has 23 heavy (non-hydrogen) atoms. The van der Waals surface area contributed by atoms with Crippen LogP contribution in [0.3, 0.4) is 0 Å². The first-order chi connectivity index (χ1) is 10.7. The van der Waals surface area contributed by atoms with Gasteiger partial charge < -0.3 is 4.74 Å². The lowest BCUT2D eigenvalue weighted by molar-refractivity contribution is -0.146. The Hall–Kier alpha value is -1.84. The van der Waals surface area contributed by atoms with E-state index < -0.39 is 41.6 Å². The Morgan fingerprint density at radius 1 is 1.35 bits per heavy atom. The van der Waals surface area contributed by atoms with Gasteiger partial charge in [-0.1, -0.05) is 12.1 Å². The number of halogens is 5. The van der Waals surface area contributed by atoms with E-state index in [-0.39, 0.29) is 16.9 Å². The van der Waals surface area contributed by atoms with Gasteiger partial charge in [-0.05, 0) is 30.8 Å². The molecule has 0 spiro atoms. The van der Waals surface area contributed by atoms with Crippen LogP contribution >= 0.6 is 11.8 Å². The molecule has 4 nitrogen and oxygen atoms in total. The van der Waals surface area contributed by atoms with E-state index in [9.17, 15) is 26.7 Å². The number of ether oxygens (including phenoxy) is 1. The lowest BCUT2D eigenvalue weighted by Crippen LogP contribution is -2.17. The van der Waals surface area contributed by atoms with Gasteiger partial charge in [-0.2, -0.15) is 22.0 Å². The molecule has 126 valence electrons. The molecule has 1 unspecified atom stereocenters. The first-order valence-electron chi connectivity index (χ1n) is 6.34. The molecule has 0 fully saturated rings. The van der Waals surface area contributed by atoms with Crippen molar-refractivity contribution in [3.05, 3.63) is 30.1 Å². The predicted octanol–water partition coefficient (Wildman–Crippen LogP) is 4.29. The SMILES string of the molecule is CC(OC(=O)CSC(F)(F)F)c1nc2ccccc2n1C(F)F. The highest BCUT2D eigenvalue weighted by Gasteiger charge is 2.31. The van der Waals surface area contributed by atoms with Crippen LogP contribution in [0.2, 0.25) is 0 Å². The average Bonchev–Trinajstić information content (AvgIpc) is 2.84. The van der Waals surface area contributed by atoms with Gasteiger partial charge in [0.2, 0.25) is 0 Å². The van der Waals surface area contributed by atoms with Crippen molar-refractivity contribution in [2.24, 2.45) is 0 Å². The van der Waals surface area contributed by atoms with Crippen molar-refractivity contribution in [3.8, 4) is 0 Å². The third-order valence-electron chi connectivity index (χ3n) is 2.84. The molecule has 0 aliphatic heterocycles. The van der Waals surface area contributed by atoms with Crippen LogP contribution in [-0.4, -0.2) is 26.8 Å². The van der Waals surface area contributed by atoms with Crippen molar-refractivity contribution in [2.75, 3.05) is 5.75 Å². The van der Waals surface area contributed by atoms with Gasteiger partial charge >= 0.3 is 18.0 Å². The first-order valence-corrected chi connectivity index (χ1v) is 7.33. The summed E-state index contributed by atoms with van der Waals surface area (Å²) in [7, 11) is 0.